The zero-order valence-electron chi connectivity index (χ0n) is 13.7. The third-order valence-corrected chi connectivity index (χ3v) is 6.72. The first-order chi connectivity index (χ1) is 9.87. The van der Waals surface area contributed by atoms with E-state index in [1.54, 1.807) is 0 Å². The predicted octanol–water partition coefficient (Wildman–Crippen LogP) is 3.85. The van der Waals surface area contributed by atoms with Gasteiger partial charge in [0.05, 0.1) is 17.6 Å². The van der Waals surface area contributed by atoms with E-state index >= 15 is 0 Å². The van der Waals surface area contributed by atoms with Crippen LogP contribution in [0.4, 0.5) is 0 Å². The lowest BCUT2D eigenvalue weighted by molar-refractivity contribution is -0.0795. The van der Waals surface area contributed by atoms with Crippen molar-refractivity contribution in [3.63, 3.8) is 0 Å². The summed E-state index contributed by atoms with van der Waals surface area (Å²) in [6, 6.07) is 0.534. The van der Waals surface area contributed by atoms with Gasteiger partial charge in [-0.2, -0.15) is 0 Å². The van der Waals surface area contributed by atoms with Crippen LogP contribution < -0.4 is 5.73 Å². The van der Waals surface area contributed by atoms with E-state index in [0.717, 1.165) is 17.8 Å². The van der Waals surface area contributed by atoms with Crippen molar-refractivity contribution in [2.24, 2.45) is 28.9 Å². The maximum Gasteiger partial charge on any atom is 0.0951 e. The van der Waals surface area contributed by atoms with E-state index in [0.29, 0.717) is 11.5 Å². The number of hydrogen-bond acceptors (Lipinski definition) is 2. The molecule has 2 N–H and O–H groups in total. The Hall–Kier alpha value is -0.830. The summed E-state index contributed by atoms with van der Waals surface area (Å²) in [4.78, 5) is 4.42. The van der Waals surface area contributed by atoms with Gasteiger partial charge in [0.15, 0.2) is 0 Å². The molecule has 0 amide bonds. The Bertz CT molecular complexity index is 502. The van der Waals surface area contributed by atoms with Crippen LogP contribution in [0.25, 0.3) is 0 Å². The molecule has 1 aromatic heterocycles. The zero-order valence-corrected chi connectivity index (χ0v) is 13.7. The van der Waals surface area contributed by atoms with Crippen LogP contribution in [0.15, 0.2) is 12.5 Å². The highest BCUT2D eigenvalue weighted by molar-refractivity contribution is 5.14. The monoisotopic (exact) mass is 287 g/mol. The highest BCUT2D eigenvalue weighted by Crippen LogP contribution is 2.63. The van der Waals surface area contributed by atoms with Gasteiger partial charge >= 0.3 is 0 Å². The first-order valence-corrected chi connectivity index (χ1v) is 8.68. The maximum atomic E-state index is 6.37. The standard InChI is InChI=1S/C18H29N3/c1-12(21-11-20-10-16(21)17(2,3)19)18-7-13-4-14(8-18)6-15(5-13)9-18/h10-15H,4-9,19H2,1-3H3. The van der Waals surface area contributed by atoms with Gasteiger partial charge in [0.1, 0.15) is 0 Å². The molecular formula is C18H29N3. The number of aromatic nitrogens is 2. The molecule has 4 bridgehead atoms. The molecular weight excluding hydrogens is 258 g/mol. The van der Waals surface area contributed by atoms with Gasteiger partial charge in [-0.1, -0.05) is 0 Å². The van der Waals surface area contributed by atoms with Crippen molar-refractivity contribution in [2.75, 3.05) is 0 Å². The van der Waals surface area contributed by atoms with Crippen molar-refractivity contribution in [1.29, 1.82) is 0 Å². The van der Waals surface area contributed by atoms with Crippen molar-refractivity contribution in [3.05, 3.63) is 18.2 Å². The van der Waals surface area contributed by atoms with Gasteiger partial charge in [-0.15, -0.1) is 0 Å². The largest absolute Gasteiger partial charge is 0.330 e. The van der Waals surface area contributed by atoms with E-state index in [-0.39, 0.29) is 5.54 Å². The Kier molecular flexibility index (Phi) is 2.86. The van der Waals surface area contributed by atoms with E-state index in [1.807, 2.05) is 12.5 Å². The number of imidazole rings is 1. The zero-order chi connectivity index (χ0) is 14.8. The SMILES string of the molecule is CC(n1cncc1C(C)(C)N)C12CC3CC(CC(C3)C1)C2. The van der Waals surface area contributed by atoms with Gasteiger partial charge < -0.3 is 10.3 Å². The van der Waals surface area contributed by atoms with E-state index < -0.39 is 0 Å². The molecule has 1 aromatic rings. The Balaban J connectivity index is 1.69. The quantitative estimate of drug-likeness (QED) is 0.917. The van der Waals surface area contributed by atoms with Crippen LogP contribution in [0.2, 0.25) is 0 Å². The fourth-order valence-corrected chi connectivity index (χ4v) is 6.10. The molecule has 1 atom stereocenters. The second kappa shape index (κ2) is 4.34. The number of nitrogens with two attached hydrogens (primary N) is 1. The Morgan fingerprint density at radius 3 is 2.19 bits per heavy atom. The summed E-state index contributed by atoms with van der Waals surface area (Å²) >= 11 is 0. The summed E-state index contributed by atoms with van der Waals surface area (Å²) in [5.41, 5.74) is 7.75. The molecule has 4 aliphatic carbocycles. The lowest BCUT2D eigenvalue weighted by Crippen LogP contribution is -2.50. The van der Waals surface area contributed by atoms with Crippen LogP contribution in [0, 0.1) is 23.2 Å². The van der Waals surface area contributed by atoms with Crippen LogP contribution >= 0.6 is 0 Å². The first kappa shape index (κ1) is 13.8. The van der Waals surface area contributed by atoms with Crippen molar-refractivity contribution >= 4 is 0 Å². The van der Waals surface area contributed by atoms with Crippen LogP contribution in [-0.2, 0) is 5.54 Å². The van der Waals surface area contributed by atoms with Gasteiger partial charge in [-0.05, 0) is 82.5 Å². The minimum atomic E-state index is -0.312. The molecule has 5 rings (SSSR count). The minimum Gasteiger partial charge on any atom is -0.330 e. The molecule has 3 nitrogen and oxygen atoms in total. The smallest absolute Gasteiger partial charge is 0.0951 e. The Labute approximate surface area is 128 Å². The molecule has 21 heavy (non-hydrogen) atoms. The fourth-order valence-electron chi connectivity index (χ4n) is 6.10. The van der Waals surface area contributed by atoms with Crippen LogP contribution in [0.1, 0.15) is 71.0 Å². The Morgan fingerprint density at radius 2 is 1.71 bits per heavy atom. The fraction of sp³-hybridized carbons (Fsp3) is 0.833. The van der Waals surface area contributed by atoms with Gasteiger partial charge in [0.25, 0.3) is 0 Å². The summed E-state index contributed by atoms with van der Waals surface area (Å²) in [7, 11) is 0. The second-order valence-corrected chi connectivity index (χ2v) is 8.86. The molecule has 0 aromatic carbocycles. The lowest BCUT2D eigenvalue weighted by Gasteiger charge is -2.59. The molecule has 0 spiro atoms. The number of nitrogens with zero attached hydrogens (tertiary/aromatic N) is 2. The average molecular weight is 287 g/mol. The molecule has 0 aliphatic heterocycles. The molecule has 1 heterocycles. The molecule has 4 saturated carbocycles. The van der Waals surface area contributed by atoms with E-state index in [9.17, 15) is 0 Å². The minimum absolute atomic E-state index is 0.312. The van der Waals surface area contributed by atoms with E-state index in [4.69, 9.17) is 5.73 Å². The van der Waals surface area contributed by atoms with E-state index in [2.05, 4.69) is 30.3 Å². The van der Waals surface area contributed by atoms with Gasteiger partial charge in [0.2, 0.25) is 0 Å². The van der Waals surface area contributed by atoms with Crippen molar-refractivity contribution < 1.29 is 0 Å². The van der Waals surface area contributed by atoms with Crippen LogP contribution in [0.3, 0.4) is 0 Å². The summed E-state index contributed by atoms with van der Waals surface area (Å²) in [6.45, 7) is 6.60. The van der Waals surface area contributed by atoms with Crippen molar-refractivity contribution in [1.82, 2.24) is 9.55 Å². The average Bonchev–Trinajstić information content (AvgIpc) is 2.84. The molecule has 1 unspecified atom stereocenters. The normalized spacial score (nSPS) is 39.7. The van der Waals surface area contributed by atoms with Crippen molar-refractivity contribution in [2.45, 2.75) is 70.9 Å². The Morgan fingerprint density at radius 1 is 1.19 bits per heavy atom. The third-order valence-electron chi connectivity index (χ3n) is 6.72. The topological polar surface area (TPSA) is 43.8 Å². The molecule has 116 valence electrons. The predicted molar refractivity (Wildman–Crippen MR) is 84.8 cm³/mol. The first-order valence-electron chi connectivity index (χ1n) is 8.68. The lowest BCUT2D eigenvalue weighted by atomic mass is 9.48. The number of hydrogen-bond donors (Lipinski definition) is 1. The summed E-state index contributed by atoms with van der Waals surface area (Å²) in [5, 5.41) is 0. The van der Waals surface area contributed by atoms with Crippen LogP contribution in [-0.4, -0.2) is 9.55 Å². The molecule has 3 heteroatoms. The van der Waals surface area contributed by atoms with E-state index in [1.165, 1.54) is 44.2 Å². The van der Waals surface area contributed by atoms with Crippen LogP contribution in [0.5, 0.6) is 0 Å². The number of rotatable bonds is 3. The molecule has 4 fully saturated rings. The maximum absolute atomic E-state index is 6.37. The molecule has 4 aliphatic rings. The molecule has 0 radical (unpaired) electrons. The summed E-state index contributed by atoms with van der Waals surface area (Å²) in [5.74, 6) is 2.99. The highest BCUT2D eigenvalue weighted by atomic mass is 15.1. The highest BCUT2D eigenvalue weighted by Gasteiger charge is 2.53. The van der Waals surface area contributed by atoms with Gasteiger partial charge in [-0.3, -0.25) is 0 Å². The molecule has 0 saturated heterocycles. The van der Waals surface area contributed by atoms with Crippen molar-refractivity contribution in [3.8, 4) is 0 Å². The van der Waals surface area contributed by atoms with Gasteiger partial charge in [-0.25, -0.2) is 4.98 Å². The summed E-state index contributed by atoms with van der Waals surface area (Å²) < 4.78 is 2.40. The van der Waals surface area contributed by atoms with Gasteiger partial charge in [0, 0.05) is 12.2 Å². The summed E-state index contributed by atoms with van der Waals surface area (Å²) in [6.07, 6.45) is 12.8. The second-order valence-electron chi connectivity index (χ2n) is 8.86. The third kappa shape index (κ3) is 2.08.